The Balaban J connectivity index is 0.00000385. The van der Waals surface area contributed by atoms with E-state index in [4.69, 9.17) is 33.7 Å². The highest BCUT2D eigenvalue weighted by Crippen LogP contribution is 2.27. The number of carbonyl (C=O) groups is 1. The van der Waals surface area contributed by atoms with Crippen LogP contribution < -0.4 is 15.4 Å². The molecule has 3 aromatic rings. The van der Waals surface area contributed by atoms with Gasteiger partial charge < -0.3 is 15.4 Å². The molecule has 0 saturated carbocycles. The fourth-order valence-corrected chi connectivity index (χ4v) is 3.76. The fraction of sp³-hybridized carbons (Fsp3) is 0.269. The molecule has 176 valence electrons. The molecule has 2 N–H and O–H groups in total. The summed E-state index contributed by atoms with van der Waals surface area (Å²) in [6.45, 7) is 7.73. The average Bonchev–Trinajstić information content (AvgIpc) is 2.76. The van der Waals surface area contributed by atoms with Gasteiger partial charge in [0.2, 0.25) is 0 Å². The molecule has 0 atom stereocenters. The molecular formula is C26H29Cl3N2O2. The zero-order valence-corrected chi connectivity index (χ0v) is 21.3. The Kier molecular flexibility index (Phi) is 9.62. The van der Waals surface area contributed by atoms with E-state index in [1.165, 1.54) is 5.56 Å². The van der Waals surface area contributed by atoms with Crippen LogP contribution in [0, 0.1) is 0 Å². The van der Waals surface area contributed by atoms with Gasteiger partial charge in [0, 0.05) is 23.8 Å². The molecule has 7 heteroatoms. The van der Waals surface area contributed by atoms with Gasteiger partial charge in [0.25, 0.3) is 5.91 Å². The van der Waals surface area contributed by atoms with Crippen LogP contribution in [-0.2, 0) is 12.0 Å². The fourth-order valence-electron chi connectivity index (χ4n) is 3.28. The number of rotatable bonds is 7. The number of hydrogen-bond donors (Lipinski definition) is 1. The maximum Gasteiger partial charge on any atom is 0.259 e. The minimum absolute atomic E-state index is 0. The summed E-state index contributed by atoms with van der Waals surface area (Å²) in [7, 11) is 0. The molecule has 0 aliphatic heterocycles. The van der Waals surface area contributed by atoms with Gasteiger partial charge >= 0.3 is 0 Å². The second-order valence-corrected chi connectivity index (χ2v) is 9.44. The third-order valence-corrected chi connectivity index (χ3v) is 5.68. The molecule has 0 aliphatic rings. The average molecular weight is 508 g/mol. The first-order valence-electron chi connectivity index (χ1n) is 10.5. The van der Waals surface area contributed by atoms with Crippen molar-refractivity contribution in [2.45, 2.75) is 32.8 Å². The molecule has 1 amide bonds. The summed E-state index contributed by atoms with van der Waals surface area (Å²) in [6, 6.07) is 20.7. The lowest BCUT2D eigenvalue weighted by molar-refractivity contribution is 0.0987. The van der Waals surface area contributed by atoms with Gasteiger partial charge in [-0.1, -0.05) is 68.2 Å². The molecule has 0 saturated heterocycles. The summed E-state index contributed by atoms with van der Waals surface area (Å²) in [5, 5.41) is 0.786. The van der Waals surface area contributed by atoms with Crippen molar-refractivity contribution >= 4 is 47.2 Å². The Labute approximate surface area is 212 Å². The molecule has 0 unspecified atom stereocenters. The maximum absolute atomic E-state index is 13.1. The van der Waals surface area contributed by atoms with Gasteiger partial charge in [-0.3, -0.25) is 4.79 Å². The van der Waals surface area contributed by atoms with Gasteiger partial charge in [0.1, 0.15) is 12.4 Å². The summed E-state index contributed by atoms with van der Waals surface area (Å²) in [5.41, 5.74) is 9.35. The topological polar surface area (TPSA) is 55.6 Å². The second kappa shape index (κ2) is 11.8. The van der Waals surface area contributed by atoms with Gasteiger partial charge in [0.15, 0.2) is 0 Å². The Morgan fingerprint density at radius 2 is 1.61 bits per heavy atom. The number of nitrogens with zero attached hydrogens (tertiary/aromatic N) is 1. The lowest BCUT2D eigenvalue weighted by atomic mass is 9.87. The van der Waals surface area contributed by atoms with Crippen LogP contribution >= 0.6 is 35.6 Å². The van der Waals surface area contributed by atoms with Crippen LogP contribution in [0.4, 0.5) is 5.69 Å². The molecule has 0 spiro atoms. The van der Waals surface area contributed by atoms with Gasteiger partial charge in [-0.15, -0.1) is 12.4 Å². The third-order valence-electron chi connectivity index (χ3n) is 5.13. The van der Waals surface area contributed by atoms with E-state index in [2.05, 4.69) is 45.0 Å². The van der Waals surface area contributed by atoms with E-state index in [0.29, 0.717) is 41.0 Å². The summed E-state index contributed by atoms with van der Waals surface area (Å²) < 4.78 is 5.93. The first-order valence-corrected chi connectivity index (χ1v) is 11.2. The third kappa shape index (κ3) is 7.12. The van der Waals surface area contributed by atoms with Gasteiger partial charge in [-0.25, -0.2) is 0 Å². The van der Waals surface area contributed by atoms with Crippen molar-refractivity contribution in [2.24, 2.45) is 5.73 Å². The molecule has 0 radical (unpaired) electrons. The van der Waals surface area contributed by atoms with Crippen molar-refractivity contribution in [3.63, 3.8) is 0 Å². The Morgan fingerprint density at radius 1 is 0.970 bits per heavy atom. The lowest BCUT2D eigenvalue weighted by Crippen LogP contribution is -2.35. The van der Waals surface area contributed by atoms with Crippen LogP contribution in [0.3, 0.4) is 0 Å². The summed E-state index contributed by atoms with van der Waals surface area (Å²) in [5.74, 6) is 0.489. The number of amides is 1. The predicted octanol–water partition coefficient (Wildman–Crippen LogP) is 6.90. The second-order valence-electron chi connectivity index (χ2n) is 8.60. The number of hydrogen-bond acceptors (Lipinski definition) is 3. The zero-order chi connectivity index (χ0) is 23.3. The van der Waals surface area contributed by atoms with Crippen molar-refractivity contribution in [1.29, 1.82) is 0 Å². The highest BCUT2D eigenvalue weighted by molar-refractivity contribution is 6.37. The molecule has 0 heterocycles. The highest BCUT2D eigenvalue weighted by Gasteiger charge is 2.20. The van der Waals surface area contributed by atoms with Crippen molar-refractivity contribution < 1.29 is 9.53 Å². The van der Waals surface area contributed by atoms with E-state index < -0.39 is 0 Å². The van der Waals surface area contributed by atoms with E-state index in [9.17, 15) is 4.79 Å². The number of halogens is 3. The van der Waals surface area contributed by atoms with Crippen LogP contribution in [0.15, 0.2) is 66.7 Å². The molecule has 3 aromatic carbocycles. The van der Waals surface area contributed by atoms with Crippen LogP contribution in [-0.4, -0.2) is 19.0 Å². The van der Waals surface area contributed by atoms with Gasteiger partial charge in [-0.2, -0.15) is 0 Å². The molecular weight excluding hydrogens is 479 g/mol. The van der Waals surface area contributed by atoms with E-state index in [0.717, 1.165) is 11.3 Å². The van der Waals surface area contributed by atoms with Crippen LogP contribution in [0.25, 0.3) is 0 Å². The summed E-state index contributed by atoms with van der Waals surface area (Å²) >= 11 is 12.2. The Morgan fingerprint density at radius 3 is 2.15 bits per heavy atom. The molecule has 3 rings (SSSR count). The van der Waals surface area contributed by atoms with E-state index in [-0.39, 0.29) is 23.7 Å². The first-order chi connectivity index (χ1) is 15.2. The van der Waals surface area contributed by atoms with Crippen molar-refractivity contribution in [3.05, 3.63) is 93.5 Å². The number of benzene rings is 3. The van der Waals surface area contributed by atoms with Crippen molar-refractivity contribution in [1.82, 2.24) is 0 Å². The molecule has 0 aromatic heterocycles. The normalized spacial score (nSPS) is 11.0. The highest BCUT2D eigenvalue weighted by atomic mass is 35.5. The Hall–Kier alpha value is -2.24. The monoisotopic (exact) mass is 506 g/mol. The summed E-state index contributed by atoms with van der Waals surface area (Å²) in [6.07, 6.45) is 0. The van der Waals surface area contributed by atoms with Crippen LogP contribution in [0.1, 0.15) is 42.3 Å². The number of carbonyl (C=O) groups excluding carboxylic acids is 1. The lowest BCUT2D eigenvalue weighted by Gasteiger charge is -2.23. The number of nitrogens with two attached hydrogens (primary N) is 1. The van der Waals surface area contributed by atoms with Crippen LogP contribution in [0.5, 0.6) is 5.75 Å². The van der Waals surface area contributed by atoms with E-state index in [1.807, 2.05) is 24.3 Å². The van der Waals surface area contributed by atoms with E-state index >= 15 is 0 Å². The van der Waals surface area contributed by atoms with E-state index in [1.54, 1.807) is 23.1 Å². The standard InChI is InChI=1S/C26H28Cl2N2O2.ClH/c1-26(2,3)19-6-4-18(5-7-19)17-32-22-11-9-21(10-12-22)30(15-14-29)25(31)23-13-8-20(27)16-24(23)28;/h4-13,16H,14-15,17,29H2,1-3H3;1H. The van der Waals surface area contributed by atoms with Crippen molar-refractivity contribution in [2.75, 3.05) is 18.0 Å². The van der Waals surface area contributed by atoms with Crippen molar-refractivity contribution in [3.8, 4) is 5.75 Å². The molecule has 4 nitrogen and oxygen atoms in total. The number of ether oxygens (including phenoxy) is 1. The molecule has 0 aliphatic carbocycles. The zero-order valence-electron chi connectivity index (χ0n) is 19.0. The van der Waals surface area contributed by atoms with Gasteiger partial charge in [0.05, 0.1) is 10.6 Å². The molecule has 0 fully saturated rings. The summed E-state index contributed by atoms with van der Waals surface area (Å²) in [4.78, 5) is 14.7. The van der Waals surface area contributed by atoms with Crippen LogP contribution in [0.2, 0.25) is 10.0 Å². The van der Waals surface area contributed by atoms with Gasteiger partial charge in [-0.05, 0) is 59.0 Å². The quantitative estimate of drug-likeness (QED) is 0.378. The molecule has 33 heavy (non-hydrogen) atoms. The minimum Gasteiger partial charge on any atom is -0.489 e. The molecule has 0 bridgehead atoms. The minimum atomic E-state index is -0.232. The SMILES string of the molecule is CC(C)(C)c1ccc(COc2ccc(N(CCN)C(=O)c3ccc(Cl)cc3Cl)cc2)cc1.Cl. The predicted molar refractivity (Wildman–Crippen MR) is 140 cm³/mol. The maximum atomic E-state index is 13.1. The number of anilines is 1. The smallest absolute Gasteiger partial charge is 0.259 e. The Bertz CT molecular complexity index is 1060. The first kappa shape index (κ1) is 27.0. The largest absolute Gasteiger partial charge is 0.489 e.